The van der Waals surface area contributed by atoms with E-state index >= 15 is 0 Å². The summed E-state index contributed by atoms with van der Waals surface area (Å²) >= 11 is 13.3. The maximum atomic E-state index is 13.4. The van der Waals surface area contributed by atoms with E-state index in [-0.39, 0.29) is 16.2 Å². The molecule has 4 atom stereocenters. The average Bonchev–Trinajstić information content (AvgIpc) is 2.53. The first-order valence-corrected chi connectivity index (χ1v) is 10.4. The van der Waals surface area contributed by atoms with Crippen LogP contribution in [0, 0.1) is 17.3 Å². The molecule has 4 aliphatic carbocycles. The van der Waals surface area contributed by atoms with Gasteiger partial charge in [0.05, 0.1) is 5.41 Å². The molecule has 1 aromatic rings. The van der Waals surface area contributed by atoms with Gasteiger partial charge in [0, 0.05) is 15.6 Å². The lowest BCUT2D eigenvalue weighted by Gasteiger charge is -2.59. The van der Waals surface area contributed by atoms with E-state index in [1.807, 2.05) is 12.1 Å². The van der Waals surface area contributed by atoms with E-state index < -0.39 is 0 Å². The summed E-state index contributed by atoms with van der Waals surface area (Å²) in [6, 6.07) is 3.99. The third kappa shape index (κ3) is 2.90. The number of carbonyl (C=O) groups is 1. The number of nitrogens with one attached hydrogen (secondary N) is 1. The fourth-order valence-electron chi connectivity index (χ4n) is 6.13. The molecule has 0 radical (unpaired) electrons. The van der Waals surface area contributed by atoms with E-state index in [1.54, 1.807) is 0 Å². The predicted molar refractivity (Wildman–Crippen MR) is 105 cm³/mol. The molecule has 0 saturated heterocycles. The first kappa shape index (κ1) is 17.7. The number of rotatable bonds is 4. The molecule has 4 heteroatoms. The predicted octanol–water partition coefficient (Wildman–Crippen LogP) is 5.98. The van der Waals surface area contributed by atoms with Crippen LogP contribution >= 0.6 is 23.2 Å². The van der Waals surface area contributed by atoms with Gasteiger partial charge in [-0.25, -0.2) is 0 Å². The summed E-state index contributed by atoms with van der Waals surface area (Å²) in [5.74, 6) is 1.43. The first-order valence-electron chi connectivity index (χ1n) is 9.68. The van der Waals surface area contributed by atoms with Crippen molar-refractivity contribution in [1.29, 1.82) is 0 Å². The molecule has 1 amide bonds. The first-order chi connectivity index (χ1) is 11.9. The summed E-state index contributed by atoms with van der Waals surface area (Å²) in [7, 11) is 0. The minimum atomic E-state index is -0.274. The molecular weight excluding hydrogens is 353 g/mol. The Bertz CT molecular complexity index is 700. The molecule has 4 aliphatic rings. The molecule has 2 nitrogen and oxygen atoms in total. The number of benzene rings is 1. The molecule has 4 bridgehead atoms. The van der Waals surface area contributed by atoms with Gasteiger partial charge in [0.2, 0.25) is 5.91 Å². The number of anilines is 1. The number of carbonyl (C=O) groups excluding carboxylic acids is 1. The van der Waals surface area contributed by atoms with Gasteiger partial charge in [0.1, 0.15) is 0 Å². The van der Waals surface area contributed by atoms with Crippen LogP contribution in [0.2, 0.25) is 5.02 Å². The van der Waals surface area contributed by atoms with Gasteiger partial charge in [0.15, 0.2) is 0 Å². The summed E-state index contributed by atoms with van der Waals surface area (Å²) in [6.07, 6.45) is 8.01. The van der Waals surface area contributed by atoms with Crippen LogP contribution < -0.4 is 5.32 Å². The Morgan fingerprint density at radius 1 is 1.16 bits per heavy atom. The second kappa shape index (κ2) is 6.16. The van der Waals surface area contributed by atoms with Crippen LogP contribution in [0.1, 0.15) is 63.5 Å². The number of hydrogen-bond acceptors (Lipinski definition) is 1. The number of halogens is 2. The highest BCUT2D eigenvalue weighted by Gasteiger charge is 2.60. The topological polar surface area (TPSA) is 29.1 Å². The summed E-state index contributed by atoms with van der Waals surface area (Å²) < 4.78 is 0. The SMILES string of the molecule is CCc1ccc(Cl)c(CC)c1NC(=O)C12C[C@@H]3C[C@@H](CC(Cl)(C3)C1)C2. The molecule has 5 rings (SSSR count). The van der Waals surface area contributed by atoms with E-state index in [9.17, 15) is 4.79 Å². The maximum absolute atomic E-state index is 13.4. The van der Waals surface area contributed by atoms with E-state index in [2.05, 4.69) is 19.2 Å². The van der Waals surface area contributed by atoms with Crippen molar-refractivity contribution < 1.29 is 4.79 Å². The Morgan fingerprint density at radius 3 is 2.40 bits per heavy atom. The molecule has 0 heterocycles. The summed E-state index contributed by atoms with van der Waals surface area (Å²) in [6.45, 7) is 4.21. The van der Waals surface area contributed by atoms with Crippen LogP contribution in [0.4, 0.5) is 5.69 Å². The fourth-order valence-corrected chi connectivity index (χ4v) is 7.11. The third-order valence-corrected chi connectivity index (χ3v) is 7.58. The standard InChI is InChI=1S/C21H27Cl2NO/c1-3-15-5-6-17(22)16(4-2)18(15)24-19(25)20-8-13-7-14(9-20)11-21(23,10-13)12-20/h5-6,13-14H,3-4,7-12H2,1-2H3,(H,24,25)/t13-,14+,20?,21?. The molecule has 4 saturated carbocycles. The van der Waals surface area contributed by atoms with Crippen LogP contribution in [-0.2, 0) is 17.6 Å². The quantitative estimate of drug-likeness (QED) is 0.640. The number of amides is 1. The van der Waals surface area contributed by atoms with Gasteiger partial charge in [-0.1, -0.05) is 31.5 Å². The van der Waals surface area contributed by atoms with Gasteiger partial charge in [-0.15, -0.1) is 11.6 Å². The van der Waals surface area contributed by atoms with Crippen LogP contribution in [-0.4, -0.2) is 10.8 Å². The Hall–Kier alpha value is -0.730. The minimum absolute atomic E-state index is 0.142. The second-order valence-corrected chi connectivity index (χ2v) is 9.82. The molecule has 1 N–H and O–H groups in total. The third-order valence-electron chi connectivity index (χ3n) is 6.79. The Labute approximate surface area is 160 Å². The fraction of sp³-hybridized carbons (Fsp3) is 0.667. The zero-order chi connectivity index (χ0) is 17.8. The van der Waals surface area contributed by atoms with Gasteiger partial charge in [0.25, 0.3) is 0 Å². The molecule has 2 unspecified atom stereocenters. The molecule has 1 aromatic carbocycles. The van der Waals surface area contributed by atoms with Crippen LogP contribution in [0.15, 0.2) is 12.1 Å². The van der Waals surface area contributed by atoms with Gasteiger partial charge in [-0.3, -0.25) is 4.79 Å². The molecular formula is C21H27Cl2NO. The number of aryl methyl sites for hydroxylation is 1. The maximum Gasteiger partial charge on any atom is 0.230 e. The monoisotopic (exact) mass is 379 g/mol. The Balaban J connectivity index is 1.66. The normalized spacial score (nSPS) is 35.8. The van der Waals surface area contributed by atoms with Crippen molar-refractivity contribution in [1.82, 2.24) is 0 Å². The van der Waals surface area contributed by atoms with Crippen LogP contribution in [0.25, 0.3) is 0 Å². The number of hydrogen-bond donors (Lipinski definition) is 1. The van der Waals surface area contributed by atoms with Crippen molar-refractivity contribution in [3.05, 3.63) is 28.3 Å². The summed E-state index contributed by atoms with van der Waals surface area (Å²) in [5.41, 5.74) is 2.89. The van der Waals surface area contributed by atoms with Gasteiger partial charge >= 0.3 is 0 Å². The zero-order valence-electron chi connectivity index (χ0n) is 15.1. The van der Waals surface area contributed by atoms with Gasteiger partial charge in [-0.05, 0) is 80.4 Å². The molecule has 136 valence electrons. The summed E-state index contributed by atoms with van der Waals surface area (Å²) in [5, 5.41) is 4.06. The van der Waals surface area contributed by atoms with Crippen molar-refractivity contribution in [2.24, 2.45) is 17.3 Å². The highest BCUT2D eigenvalue weighted by Crippen LogP contribution is 2.64. The highest BCUT2D eigenvalue weighted by atomic mass is 35.5. The van der Waals surface area contributed by atoms with Crippen LogP contribution in [0.3, 0.4) is 0 Å². The Morgan fingerprint density at radius 2 is 1.84 bits per heavy atom. The Kier molecular flexibility index (Phi) is 4.36. The second-order valence-electron chi connectivity index (χ2n) is 8.61. The van der Waals surface area contributed by atoms with Crippen molar-refractivity contribution in [3.63, 3.8) is 0 Å². The average molecular weight is 380 g/mol. The van der Waals surface area contributed by atoms with Crippen molar-refractivity contribution in [3.8, 4) is 0 Å². The lowest BCUT2D eigenvalue weighted by Crippen LogP contribution is -2.57. The molecule has 25 heavy (non-hydrogen) atoms. The molecule has 0 spiro atoms. The molecule has 4 fully saturated rings. The number of alkyl halides is 1. The molecule has 0 aromatic heterocycles. The van der Waals surface area contributed by atoms with Crippen molar-refractivity contribution in [2.45, 2.75) is 70.1 Å². The van der Waals surface area contributed by atoms with E-state index in [1.165, 1.54) is 12.0 Å². The van der Waals surface area contributed by atoms with E-state index in [4.69, 9.17) is 23.2 Å². The van der Waals surface area contributed by atoms with Crippen molar-refractivity contribution in [2.75, 3.05) is 5.32 Å². The highest BCUT2D eigenvalue weighted by molar-refractivity contribution is 6.32. The smallest absolute Gasteiger partial charge is 0.230 e. The van der Waals surface area contributed by atoms with E-state index in [0.717, 1.165) is 61.2 Å². The van der Waals surface area contributed by atoms with Gasteiger partial charge < -0.3 is 5.32 Å². The summed E-state index contributed by atoms with van der Waals surface area (Å²) in [4.78, 5) is 13.3. The minimum Gasteiger partial charge on any atom is -0.325 e. The zero-order valence-corrected chi connectivity index (χ0v) is 16.6. The van der Waals surface area contributed by atoms with Gasteiger partial charge in [-0.2, -0.15) is 0 Å². The lowest BCUT2D eigenvalue weighted by atomic mass is 9.49. The van der Waals surface area contributed by atoms with E-state index in [0.29, 0.717) is 11.8 Å². The van der Waals surface area contributed by atoms with Crippen LogP contribution in [0.5, 0.6) is 0 Å². The molecule has 0 aliphatic heterocycles. The largest absolute Gasteiger partial charge is 0.325 e. The lowest BCUT2D eigenvalue weighted by molar-refractivity contribution is -0.138. The van der Waals surface area contributed by atoms with Crippen molar-refractivity contribution >= 4 is 34.8 Å².